The quantitative estimate of drug-likeness (QED) is 0.245. The van der Waals surface area contributed by atoms with Crippen LogP contribution in [0.3, 0.4) is 0 Å². The summed E-state index contributed by atoms with van der Waals surface area (Å²) in [5.41, 5.74) is 5.34. The number of hydrogen-bond acceptors (Lipinski definition) is 6. The van der Waals surface area contributed by atoms with Crippen LogP contribution in [0.5, 0.6) is 17.2 Å². The third kappa shape index (κ3) is 7.75. The number of amides is 2. The van der Waals surface area contributed by atoms with Gasteiger partial charge in [0.2, 0.25) is 0 Å². The number of hydrazone groups is 1. The summed E-state index contributed by atoms with van der Waals surface area (Å²) in [5.74, 6) is 0.766. The Morgan fingerprint density at radius 2 is 1.80 bits per heavy atom. The molecular formula is C27H27N3O5. The van der Waals surface area contributed by atoms with Crippen LogP contribution in [0.4, 0.5) is 5.69 Å². The molecule has 3 aromatic rings. The minimum absolute atomic E-state index is 0.139. The smallest absolute Gasteiger partial charge is 0.271 e. The fraction of sp³-hybridized carbons (Fsp3) is 0.148. The fourth-order valence-corrected chi connectivity index (χ4v) is 2.97. The van der Waals surface area contributed by atoms with Crippen molar-refractivity contribution in [1.29, 1.82) is 0 Å². The summed E-state index contributed by atoms with van der Waals surface area (Å²) in [6.07, 6.45) is 3.10. The molecule has 0 saturated carbocycles. The Hall–Kier alpha value is -4.59. The number of benzene rings is 3. The molecule has 3 rings (SSSR count). The molecule has 2 amide bonds. The van der Waals surface area contributed by atoms with Crippen LogP contribution in [-0.4, -0.2) is 38.4 Å². The first-order valence-electron chi connectivity index (χ1n) is 10.8. The maximum absolute atomic E-state index is 12.4. The molecule has 8 heteroatoms. The number of nitrogens with one attached hydrogen (secondary N) is 2. The molecule has 35 heavy (non-hydrogen) atoms. The van der Waals surface area contributed by atoms with Gasteiger partial charge in [-0.15, -0.1) is 0 Å². The number of nitrogens with zero attached hydrogens (tertiary/aromatic N) is 1. The van der Waals surface area contributed by atoms with Gasteiger partial charge in [-0.2, -0.15) is 5.10 Å². The monoisotopic (exact) mass is 473 g/mol. The average Bonchev–Trinajstić information content (AvgIpc) is 2.87. The Kier molecular flexibility index (Phi) is 9.01. The zero-order valence-electron chi connectivity index (χ0n) is 19.6. The van der Waals surface area contributed by atoms with Crippen molar-refractivity contribution in [3.05, 3.63) is 96.1 Å². The first-order chi connectivity index (χ1) is 17.0. The molecule has 0 fully saturated rings. The normalized spacial score (nSPS) is 10.5. The van der Waals surface area contributed by atoms with Crippen LogP contribution in [0.1, 0.15) is 21.5 Å². The molecule has 0 radical (unpaired) electrons. The van der Waals surface area contributed by atoms with Gasteiger partial charge in [-0.25, -0.2) is 5.43 Å². The minimum Gasteiger partial charge on any atom is -0.493 e. The Bertz CT molecular complexity index is 1210. The highest BCUT2D eigenvalue weighted by atomic mass is 16.5. The number of carbonyl (C=O) groups excluding carboxylic acids is 2. The van der Waals surface area contributed by atoms with Crippen molar-refractivity contribution in [2.45, 2.75) is 6.92 Å². The molecular weight excluding hydrogens is 446 g/mol. The number of aryl methyl sites for hydroxylation is 1. The van der Waals surface area contributed by atoms with E-state index in [0.29, 0.717) is 40.7 Å². The van der Waals surface area contributed by atoms with E-state index in [2.05, 4.69) is 22.4 Å². The van der Waals surface area contributed by atoms with Crippen LogP contribution >= 0.6 is 0 Å². The van der Waals surface area contributed by atoms with Gasteiger partial charge >= 0.3 is 0 Å². The van der Waals surface area contributed by atoms with Crippen LogP contribution in [-0.2, 0) is 4.79 Å². The molecule has 0 saturated heterocycles. The number of methoxy groups -OCH3 is 1. The van der Waals surface area contributed by atoms with E-state index in [1.54, 1.807) is 48.5 Å². The summed E-state index contributed by atoms with van der Waals surface area (Å²) < 4.78 is 16.3. The predicted octanol–water partition coefficient (Wildman–Crippen LogP) is 4.35. The zero-order chi connectivity index (χ0) is 25.0. The molecule has 0 heterocycles. The SMILES string of the molecule is C=CCOc1ccc(C(=O)N/N=C/c2cccc(OCC(=O)Nc3ccc(C)cc3)c2)cc1OC. The van der Waals surface area contributed by atoms with Crippen LogP contribution in [0.25, 0.3) is 0 Å². The lowest BCUT2D eigenvalue weighted by Gasteiger charge is -2.10. The van der Waals surface area contributed by atoms with Gasteiger partial charge in [0.25, 0.3) is 11.8 Å². The second-order valence-electron chi connectivity index (χ2n) is 7.44. The average molecular weight is 474 g/mol. The first-order valence-corrected chi connectivity index (χ1v) is 10.8. The molecule has 0 aromatic heterocycles. The van der Waals surface area contributed by atoms with Crippen LogP contribution < -0.4 is 25.0 Å². The highest BCUT2D eigenvalue weighted by molar-refractivity contribution is 5.95. The second kappa shape index (κ2) is 12.6. The molecule has 0 aliphatic heterocycles. The van der Waals surface area contributed by atoms with E-state index in [-0.39, 0.29) is 12.5 Å². The van der Waals surface area contributed by atoms with E-state index in [4.69, 9.17) is 14.2 Å². The number of hydrogen-bond donors (Lipinski definition) is 2. The number of ether oxygens (including phenoxy) is 3. The first kappa shape index (κ1) is 25.0. The van der Waals surface area contributed by atoms with Crippen molar-refractivity contribution in [3.63, 3.8) is 0 Å². The Morgan fingerprint density at radius 1 is 1.00 bits per heavy atom. The lowest BCUT2D eigenvalue weighted by atomic mass is 10.2. The van der Waals surface area contributed by atoms with Gasteiger partial charge < -0.3 is 19.5 Å². The molecule has 0 unspecified atom stereocenters. The van der Waals surface area contributed by atoms with Gasteiger partial charge in [-0.1, -0.05) is 42.5 Å². The highest BCUT2D eigenvalue weighted by Crippen LogP contribution is 2.28. The number of anilines is 1. The number of rotatable bonds is 11. The highest BCUT2D eigenvalue weighted by Gasteiger charge is 2.10. The third-order valence-corrected chi connectivity index (χ3v) is 4.73. The van der Waals surface area contributed by atoms with Crippen molar-refractivity contribution in [3.8, 4) is 17.2 Å². The van der Waals surface area contributed by atoms with Crippen molar-refractivity contribution in [2.75, 3.05) is 25.6 Å². The van der Waals surface area contributed by atoms with Crippen molar-refractivity contribution in [2.24, 2.45) is 5.10 Å². The van der Waals surface area contributed by atoms with E-state index >= 15 is 0 Å². The van der Waals surface area contributed by atoms with E-state index in [9.17, 15) is 9.59 Å². The maximum Gasteiger partial charge on any atom is 0.271 e. The Balaban J connectivity index is 1.53. The number of carbonyl (C=O) groups is 2. The molecule has 0 aliphatic rings. The maximum atomic E-state index is 12.4. The van der Waals surface area contributed by atoms with E-state index in [1.165, 1.54) is 13.3 Å². The standard InChI is InChI=1S/C27H27N3O5/c1-4-14-34-24-13-10-21(16-25(24)33-3)27(32)30-28-17-20-6-5-7-23(15-20)35-18-26(31)29-22-11-8-19(2)9-12-22/h4-13,15-17H,1,14,18H2,2-3H3,(H,29,31)(H,30,32)/b28-17+. The fourth-order valence-electron chi connectivity index (χ4n) is 2.97. The largest absolute Gasteiger partial charge is 0.493 e. The Morgan fingerprint density at radius 3 is 2.54 bits per heavy atom. The zero-order valence-corrected chi connectivity index (χ0v) is 19.6. The molecule has 3 aromatic carbocycles. The summed E-state index contributed by atoms with van der Waals surface area (Å²) in [7, 11) is 1.50. The van der Waals surface area contributed by atoms with Crippen LogP contribution in [0.15, 0.2) is 84.5 Å². The molecule has 0 bridgehead atoms. The summed E-state index contributed by atoms with van der Waals surface area (Å²) >= 11 is 0. The molecule has 0 aliphatic carbocycles. The molecule has 0 spiro atoms. The lowest BCUT2D eigenvalue weighted by molar-refractivity contribution is -0.118. The molecule has 8 nitrogen and oxygen atoms in total. The lowest BCUT2D eigenvalue weighted by Crippen LogP contribution is -2.20. The van der Waals surface area contributed by atoms with Crippen LogP contribution in [0, 0.1) is 6.92 Å². The minimum atomic E-state index is -0.407. The van der Waals surface area contributed by atoms with E-state index in [1.807, 2.05) is 31.2 Å². The molecule has 2 N–H and O–H groups in total. The van der Waals surface area contributed by atoms with Gasteiger partial charge in [0.1, 0.15) is 12.4 Å². The predicted molar refractivity (Wildman–Crippen MR) is 135 cm³/mol. The topological polar surface area (TPSA) is 98.3 Å². The molecule has 180 valence electrons. The van der Waals surface area contributed by atoms with Gasteiger partial charge in [-0.3, -0.25) is 9.59 Å². The van der Waals surface area contributed by atoms with Gasteiger partial charge in [-0.05, 0) is 55.0 Å². The third-order valence-electron chi connectivity index (χ3n) is 4.73. The van der Waals surface area contributed by atoms with E-state index < -0.39 is 5.91 Å². The summed E-state index contributed by atoms with van der Waals surface area (Å²) in [6, 6.07) is 19.3. The van der Waals surface area contributed by atoms with Crippen molar-refractivity contribution < 1.29 is 23.8 Å². The van der Waals surface area contributed by atoms with Gasteiger partial charge in [0, 0.05) is 11.3 Å². The van der Waals surface area contributed by atoms with Gasteiger partial charge in [0.15, 0.2) is 18.1 Å². The van der Waals surface area contributed by atoms with Crippen molar-refractivity contribution >= 4 is 23.7 Å². The Labute approximate surface area is 204 Å². The van der Waals surface area contributed by atoms with Crippen molar-refractivity contribution in [1.82, 2.24) is 5.43 Å². The van der Waals surface area contributed by atoms with E-state index in [0.717, 1.165) is 5.56 Å². The summed E-state index contributed by atoms with van der Waals surface area (Å²) in [6.45, 7) is 5.77. The summed E-state index contributed by atoms with van der Waals surface area (Å²) in [4.78, 5) is 24.6. The van der Waals surface area contributed by atoms with Gasteiger partial charge in [0.05, 0.1) is 13.3 Å². The molecule has 0 atom stereocenters. The second-order valence-corrected chi connectivity index (χ2v) is 7.44. The summed E-state index contributed by atoms with van der Waals surface area (Å²) in [5, 5.41) is 6.78. The van der Waals surface area contributed by atoms with Crippen LogP contribution in [0.2, 0.25) is 0 Å².